The number of aromatic nitrogens is 5. The minimum absolute atomic E-state index is 0.175. The summed E-state index contributed by atoms with van der Waals surface area (Å²) in [5.41, 5.74) is 8.25. The number of anilines is 1. The number of nitrogen functional groups attached to an aromatic ring is 1. The Morgan fingerprint density at radius 2 is 2.12 bits per heavy atom. The summed E-state index contributed by atoms with van der Waals surface area (Å²) in [5.74, 6) is 7.71. The van der Waals surface area contributed by atoms with Gasteiger partial charge in [-0.3, -0.25) is 4.57 Å². The predicted molar refractivity (Wildman–Crippen MR) is 89.4 cm³/mol. The van der Waals surface area contributed by atoms with E-state index in [1.54, 1.807) is 6.92 Å². The van der Waals surface area contributed by atoms with Crippen LogP contribution in [0.2, 0.25) is 0 Å². The van der Waals surface area contributed by atoms with Crippen LogP contribution < -0.4 is 5.73 Å². The van der Waals surface area contributed by atoms with E-state index in [-0.39, 0.29) is 5.95 Å². The molecule has 1 saturated carbocycles. The Balaban J connectivity index is 1.93. The Kier molecular flexibility index (Phi) is 3.40. The van der Waals surface area contributed by atoms with E-state index in [1.165, 1.54) is 6.33 Å². The first-order valence-electron chi connectivity index (χ1n) is 7.78. The topological polar surface area (TPSA) is 103 Å². The van der Waals surface area contributed by atoms with Gasteiger partial charge < -0.3 is 10.8 Å². The van der Waals surface area contributed by atoms with E-state index in [0.29, 0.717) is 11.9 Å². The predicted octanol–water partition coefficient (Wildman–Crippen LogP) is 1.40. The van der Waals surface area contributed by atoms with Crippen molar-refractivity contribution >= 4 is 17.0 Å². The van der Waals surface area contributed by atoms with Gasteiger partial charge in [0.05, 0.1) is 11.0 Å². The quantitative estimate of drug-likeness (QED) is 0.692. The van der Waals surface area contributed by atoms with Gasteiger partial charge in [0.15, 0.2) is 0 Å². The van der Waals surface area contributed by atoms with Crippen LogP contribution in [-0.2, 0) is 0 Å². The molecule has 0 saturated heterocycles. The average Bonchev–Trinajstić information content (AvgIpc) is 3.33. The first-order chi connectivity index (χ1) is 11.6. The van der Waals surface area contributed by atoms with Gasteiger partial charge in [-0.25, -0.2) is 15.0 Å². The Morgan fingerprint density at radius 1 is 1.29 bits per heavy atom. The van der Waals surface area contributed by atoms with E-state index < -0.39 is 6.10 Å². The molecule has 7 nitrogen and oxygen atoms in total. The van der Waals surface area contributed by atoms with Gasteiger partial charge in [0.1, 0.15) is 18.3 Å². The highest BCUT2D eigenvalue weighted by Gasteiger charge is 2.31. The second kappa shape index (κ2) is 5.58. The van der Waals surface area contributed by atoms with Gasteiger partial charge in [0.25, 0.3) is 0 Å². The second-order valence-electron chi connectivity index (χ2n) is 5.87. The number of nitrogens with zero attached hydrogens (tertiary/aromatic N) is 5. The summed E-state index contributed by atoms with van der Waals surface area (Å²) in [7, 11) is 0. The molecule has 0 spiro atoms. The van der Waals surface area contributed by atoms with Crippen molar-refractivity contribution in [3.63, 3.8) is 0 Å². The number of aliphatic hydroxyl groups excluding tert-OH is 1. The van der Waals surface area contributed by atoms with Gasteiger partial charge in [-0.15, -0.1) is 0 Å². The van der Waals surface area contributed by atoms with E-state index in [0.717, 1.165) is 35.3 Å². The lowest BCUT2D eigenvalue weighted by molar-refractivity contribution is 0.253. The SMILES string of the molecule is CC(O)C#Cc1ccc2nc(C3CC3)n(-c3ncnc(N)n3)c2c1. The smallest absolute Gasteiger partial charge is 0.240 e. The fraction of sp³-hybridized carbons (Fsp3) is 0.294. The molecule has 1 aromatic carbocycles. The zero-order valence-corrected chi connectivity index (χ0v) is 13.1. The standard InChI is InChI=1S/C17H16N6O/c1-10(24)2-3-11-4-7-13-14(8-11)23(15(21-13)12-5-6-12)17-20-9-19-16(18)22-17/h4,7-10,12,24H,5-6H2,1H3,(H2,18,19,20,22). The summed E-state index contributed by atoms with van der Waals surface area (Å²) >= 11 is 0. The van der Waals surface area contributed by atoms with Gasteiger partial charge >= 0.3 is 0 Å². The largest absolute Gasteiger partial charge is 0.381 e. The number of rotatable bonds is 2. The van der Waals surface area contributed by atoms with Crippen LogP contribution in [0, 0.1) is 11.8 Å². The van der Waals surface area contributed by atoms with Crippen molar-refractivity contribution in [2.24, 2.45) is 0 Å². The Bertz CT molecular complexity index is 978. The van der Waals surface area contributed by atoms with Crippen LogP contribution in [-0.4, -0.2) is 35.7 Å². The third-order valence-corrected chi connectivity index (χ3v) is 3.83. The normalized spacial score (nSPS) is 15.1. The molecule has 120 valence electrons. The summed E-state index contributed by atoms with van der Waals surface area (Å²) in [5, 5.41) is 9.34. The van der Waals surface area contributed by atoms with Gasteiger partial charge in [0.2, 0.25) is 11.9 Å². The molecule has 0 amide bonds. The lowest BCUT2D eigenvalue weighted by atomic mass is 10.2. The monoisotopic (exact) mass is 320 g/mol. The number of fused-ring (bicyclic) bond motifs is 1. The highest BCUT2D eigenvalue weighted by Crippen LogP contribution is 2.41. The molecule has 0 radical (unpaired) electrons. The van der Waals surface area contributed by atoms with Crippen LogP contribution >= 0.6 is 0 Å². The van der Waals surface area contributed by atoms with Crippen molar-refractivity contribution in [3.05, 3.63) is 35.9 Å². The van der Waals surface area contributed by atoms with E-state index in [1.807, 2.05) is 22.8 Å². The molecule has 24 heavy (non-hydrogen) atoms. The minimum Gasteiger partial charge on any atom is -0.381 e. The minimum atomic E-state index is -0.670. The molecule has 1 fully saturated rings. The Morgan fingerprint density at radius 3 is 2.83 bits per heavy atom. The second-order valence-corrected chi connectivity index (χ2v) is 5.87. The number of hydrogen-bond acceptors (Lipinski definition) is 6. The lowest BCUT2D eigenvalue weighted by Gasteiger charge is -2.06. The summed E-state index contributed by atoms with van der Waals surface area (Å²) in [6.45, 7) is 1.63. The molecule has 3 N–H and O–H groups in total. The van der Waals surface area contributed by atoms with Crippen LogP contribution in [0.3, 0.4) is 0 Å². The third-order valence-electron chi connectivity index (χ3n) is 3.83. The molecule has 1 aliphatic rings. The van der Waals surface area contributed by atoms with Crippen molar-refractivity contribution in [1.82, 2.24) is 24.5 Å². The number of imidazole rings is 1. The van der Waals surface area contributed by atoms with Crippen LogP contribution in [0.25, 0.3) is 17.0 Å². The highest BCUT2D eigenvalue weighted by atomic mass is 16.3. The van der Waals surface area contributed by atoms with Crippen LogP contribution in [0.15, 0.2) is 24.5 Å². The van der Waals surface area contributed by atoms with Crippen molar-refractivity contribution in [1.29, 1.82) is 0 Å². The maximum absolute atomic E-state index is 9.34. The van der Waals surface area contributed by atoms with E-state index >= 15 is 0 Å². The number of hydrogen-bond donors (Lipinski definition) is 2. The highest BCUT2D eigenvalue weighted by molar-refractivity contribution is 5.79. The molecular formula is C17H16N6O. The molecule has 2 heterocycles. The van der Waals surface area contributed by atoms with Crippen molar-refractivity contribution < 1.29 is 5.11 Å². The van der Waals surface area contributed by atoms with Gasteiger partial charge in [-0.1, -0.05) is 11.8 Å². The van der Waals surface area contributed by atoms with Crippen LogP contribution in [0.5, 0.6) is 0 Å². The molecule has 1 unspecified atom stereocenters. The number of aliphatic hydroxyl groups is 1. The first kappa shape index (κ1) is 14.6. The molecular weight excluding hydrogens is 304 g/mol. The van der Waals surface area contributed by atoms with Crippen LogP contribution in [0.1, 0.15) is 37.1 Å². The summed E-state index contributed by atoms with van der Waals surface area (Å²) in [6.07, 6.45) is 2.95. The van der Waals surface area contributed by atoms with E-state index in [2.05, 4.69) is 26.8 Å². The molecule has 7 heteroatoms. The Hall–Kier alpha value is -2.98. The molecule has 2 aromatic heterocycles. The fourth-order valence-corrected chi connectivity index (χ4v) is 2.59. The molecule has 4 rings (SSSR count). The average molecular weight is 320 g/mol. The van der Waals surface area contributed by atoms with Gasteiger partial charge in [-0.2, -0.15) is 4.98 Å². The van der Waals surface area contributed by atoms with E-state index in [9.17, 15) is 5.11 Å². The number of benzene rings is 1. The van der Waals surface area contributed by atoms with Crippen LogP contribution in [0.4, 0.5) is 5.95 Å². The molecule has 3 aromatic rings. The maximum atomic E-state index is 9.34. The zero-order valence-electron chi connectivity index (χ0n) is 13.1. The van der Waals surface area contributed by atoms with Crippen molar-refractivity contribution in [3.8, 4) is 17.8 Å². The lowest BCUT2D eigenvalue weighted by Crippen LogP contribution is -2.08. The number of nitrogens with two attached hydrogens (primary N) is 1. The molecule has 1 aliphatic carbocycles. The van der Waals surface area contributed by atoms with Crippen molar-refractivity contribution in [2.45, 2.75) is 31.8 Å². The molecule has 0 aliphatic heterocycles. The first-order valence-corrected chi connectivity index (χ1v) is 7.78. The molecule has 0 bridgehead atoms. The van der Waals surface area contributed by atoms with E-state index in [4.69, 9.17) is 10.7 Å². The summed E-state index contributed by atoms with van der Waals surface area (Å²) in [4.78, 5) is 17.1. The maximum Gasteiger partial charge on any atom is 0.240 e. The Labute approximate surface area is 138 Å². The zero-order chi connectivity index (χ0) is 16.7. The fourth-order valence-electron chi connectivity index (χ4n) is 2.59. The van der Waals surface area contributed by atoms with Crippen molar-refractivity contribution in [2.75, 3.05) is 5.73 Å². The van der Waals surface area contributed by atoms with Gasteiger partial charge in [0, 0.05) is 11.5 Å². The summed E-state index contributed by atoms with van der Waals surface area (Å²) in [6, 6.07) is 5.76. The van der Waals surface area contributed by atoms with Gasteiger partial charge in [-0.05, 0) is 38.0 Å². The summed E-state index contributed by atoms with van der Waals surface area (Å²) < 4.78 is 1.93. The third kappa shape index (κ3) is 2.68. The molecule has 1 atom stereocenters.